The molecule has 0 amide bonds. The lowest BCUT2D eigenvalue weighted by Gasteiger charge is -2.28. The molecule has 0 aromatic heterocycles. The number of hydrogen-bond donors (Lipinski definition) is 0. The summed E-state index contributed by atoms with van der Waals surface area (Å²) in [7, 11) is 0. The maximum absolute atomic E-state index is 6.13. The number of benzene rings is 3. The highest BCUT2D eigenvalue weighted by Gasteiger charge is 2.20. The minimum absolute atomic E-state index is 0.102. The molecule has 0 spiro atoms. The van der Waals surface area contributed by atoms with E-state index in [1.165, 1.54) is 33.4 Å². The normalized spacial score (nSPS) is 22.1. The molecule has 3 atom stereocenters. The second-order valence-corrected chi connectivity index (χ2v) is 13.0. The van der Waals surface area contributed by atoms with Crippen LogP contribution in [0.2, 0.25) is 0 Å². The van der Waals surface area contributed by atoms with Crippen molar-refractivity contribution in [2.75, 3.05) is 24.7 Å². The molecule has 7 nitrogen and oxygen atoms in total. The Balaban J connectivity index is 1.23. The summed E-state index contributed by atoms with van der Waals surface area (Å²) in [5, 5.41) is 0. The van der Waals surface area contributed by atoms with Gasteiger partial charge in [0.2, 0.25) is 0 Å². The summed E-state index contributed by atoms with van der Waals surface area (Å²) in [4.78, 5) is 2.34. The molecule has 46 heavy (non-hydrogen) atoms. The van der Waals surface area contributed by atoms with Crippen LogP contribution in [0.3, 0.4) is 0 Å². The highest BCUT2D eigenvalue weighted by molar-refractivity contribution is 5.78. The van der Waals surface area contributed by atoms with E-state index in [1.54, 1.807) is 0 Å². The summed E-state index contributed by atoms with van der Waals surface area (Å²) in [5.41, 5.74) is 10.4. The van der Waals surface area contributed by atoms with Crippen LogP contribution >= 0.6 is 0 Å². The van der Waals surface area contributed by atoms with Crippen LogP contribution in [0.4, 0.5) is 17.1 Å². The predicted octanol–water partition coefficient (Wildman–Crippen LogP) is 9.21. The van der Waals surface area contributed by atoms with Crippen LogP contribution in [0, 0.1) is 20.8 Å². The molecule has 3 unspecified atom stereocenters. The summed E-state index contributed by atoms with van der Waals surface area (Å²) in [6.07, 6.45) is 9.43. The van der Waals surface area contributed by atoms with Crippen molar-refractivity contribution in [3.05, 3.63) is 88.0 Å². The monoisotopic (exact) mass is 629 g/mol. The molecule has 248 valence electrons. The van der Waals surface area contributed by atoms with Gasteiger partial charge in [-0.2, -0.15) is 0 Å². The summed E-state index contributed by atoms with van der Waals surface area (Å²) < 4.78 is 35.8. The zero-order chi connectivity index (χ0) is 31.7. The first-order valence-electron chi connectivity index (χ1n) is 17.3. The number of rotatable bonds is 12. The SMILES string of the molecule is Cc1cc(N(c2ccc(COC3CCCCO3)c(C)c2)c2ccc(COC3CCCCO3)c(C)c2)ccc1COC1CCCCO1. The Kier molecular flexibility index (Phi) is 11.8. The molecule has 0 saturated carbocycles. The molecule has 3 aliphatic heterocycles. The van der Waals surface area contributed by atoms with Crippen LogP contribution in [0.15, 0.2) is 54.6 Å². The number of aryl methyl sites for hydroxylation is 3. The van der Waals surface area contributed by atoms with Gasteiger partial charge in [-0.25, -0.2) is 0 Å². The van der Waals surface area contributed by atoms with Crippen molar-refractivity contribution in [2.24, 2.45) is 0 Å². The zero-order valence-electron chi connectivity index (χ0n) is 27.9. The van der Waals surface area contributed by atoms with Gasteiger partial charge in [0.15, 0.2) is 18.9 Å². The van der Waals surface area contributed by atoms with E-state index < -0.39 is 0 Å². The molecule has 6 rings (SSSR count). The van der Waals surface area contributed by atoms with Crippen molar-refractivity contribution in [1.29, 1.82) is 0 Å². The predicted molar refractivity (Wildman–Crippen MR) is 180 cm³/mol. The number of hydrogen-bond acceptors (Lipinski definition) is 7. The van der Waals surface area contributed by atoms with Gasteiger partial charge in [0.05, 0.1) is 19.8 Å². The zero-order valence-corrected chi connectivity index (χ0v) is 27.9. The fourth-order valence-electron chi connectivity index (χ4n) is 6.47. The fraction of sp³-hybridized carbons (Fsp3) is 0.538. The van der Waals surface area contributed by atoms with Crippen molar-refractivity contribution in [3.63, 3.8) is 0 Å². The Hall–Kier alpha value is -2.78. The van der Waals surface area contributed by atoms with Gasteiger partial charge in [-0.15, -0.1) is 0 Å². The van der Waals surface area contributed by atoms with Crippen LogP contribution in [0.1, 0.15) is 91.2 Å². The van der Waals surface area contributed by atoms with Gasteiger partial charge in [0.1, 0.15) is 0 Å². The van der Waals surface area contributed by atoms with E-state index in [0.717, 1.165) is 94.7 Å². The van der Waals surface area contributed by atoms with Crippen molar-refractivity contribution in [1.82, 2.24) is 0 Å². The van der Waals surface area contributed by atoms with E-state index in [-0.39, 0.29) is 18.9 Å². The lowest BCUT2D eigenvalue weighted by atomic mass is 10.0. The summed E-state index contributed by atoms with van der Waals surface area (Å²) in [6.45, 7) is 10.5. The Morgan fingerprint density at radius 2 is 0.826 bits per heavy atom. The highest BCUT2D eigenvalue weighted by atomic mass is 16.7. The molecule has 3 heterocycles. The minimum Gasteiger partial charge on any atom is -0.353 e. The Morgan fingerprint density at radius 1 is 0.500 bits per heavy atom. The lowest BCUT2D eigenvalue weighted by molar-refractivity contribution is -0.169. The Bertz CT molecular complexity index is 1240. The van der Waals surface area contributed by atoms with Gasteiger partial charge >= 0.3 is 0 Å². The second kappa shape index (κ2) is 16.4. The van der Waals surface area contributed by atoms with Crippen molar-refractivity contribution in [3.8, 4) is 0 Å². The van der Waals surface area contributed by atoms with E-state index in [4.69, 9.17) is 28.4 Å². The molecular weight excluding hydrogens is 578 g/mol. The number of nitrogens with zero attached hydrogens (tertiary/aromatic N) is 1. The number of ether oxygens (including phenoxy) is 6. The summed E-state index contributed by atoms with van der Waals surface area (Å²) in [5.74, 6) is 0. The van der Waals surface area contributed by atoms with Gasteiger partial charge in [-0.05, 0) is 148 Å². The summed E-state index contributed by atoms with van der Waals surface area (Å²) >= 11 is 0. The van der Waals surface area contributed by atoms with Crippen LogP contribution < -0.4 is 4.90 Å². The van der Waals surface area contributed by atoms with Crippen LogP contribution in [-0.4, -0.2) is 38.7 Å². The Morgan fingerprint density at radius 3 is 1.09 bits per heavy atom. The average molecular weight is 630 g/mol. The third kappa shape index (κ3) is 8.77. The lowest BCUT2D eigenvalue weighted by Crippen LogP contribution is -2.22. The second-order valence-electron chi connectivity index (χ2n) is 13.0. The topological polar surface area (TPSA) is 58.6 Å². The van der Waals surface area contributed by atoms with Crippen LogP contribution in [0.5, 0.6) is 0 Å². The first-order valence-corrected chi connectivity index (χ1v) is 17.3. The molecule has 3 aromatic carbocycles. The molecule has 3 saturated heterocycles. The van der Waals surface area contributed by atoms with Crippen LogP contribution in [0.25, 0.3) is 0 Å². The average Bonchev–Trinajstić information content (AvgIpc) is 3.09. The van der Waals surface area contributed by atoms with Gasteiger partial charge in [-0.1, -0.05) is 18.2 Å². The van der Waals surface area contributed by atoms with E-state index >= 15 is 0 Å². The van der Waals surface area contributed by atoms with E-state index in [2.05, 4.69) is 80.3 Å². The van der Waals surface area contributed by atoms with Crippen molar-refractivity contribution < 1.29 is 28.4 Å². The largest absolute Gasteiger partial charge is 0.353 e. The highest BCUT2D eigenvalue weighted by Crippen LogP contribution is 2.38. The smallest absolute Gasteiger partial charge is 0.158 e. The first-order chi connectivity index (χ1) is 22.5. The minimum atomic E-state index is -0.102. The molecule has 0 bridgehead atoms. The molecule has 3 aliphatic rings. The Labute approximate surface area is 275 Å². The third-order valence-corrected chi connectivity index (χ3v) is 9.44. The van der Waals surface area contributed by atoms with E-state index in [9.17, 15) is 0 Å². The summed E-state index contributed by atoms with van der Waals surface area (Å²) in [6, 6.07) is 20.0. The van der Waals surface area contributed by atoms with Crippen molar-refractivity contribution >= 4 is 17.1 Å². The number of anilines is 3. The van der Waals surface area contributed by atoms with Crippen molar-refractivity contribution in [2.45, 2.75) is 117 Å². The fourth-order valence-corrected chi connectivity index (χ4v) is 6.47. The molecule has 0 N–H and O–H groups in total. The van der Waals surface area contributed by atoms with Crippen LogP contribution in [-0.2, 0) is 48.2 Å². The molecular formula is C39H51NO6. The molecule has 3 aromatic rings. The quantitative estimate of drug-likeness (QED) is 0.198. The van der Waals surface area contributed by atoms with E-state index in [1.807, 2.05) is 0 Å². The molecule has 0 aliphatic carbocycles. The third-order valence-electron chi connectivity index (χ3n) is 9.44. The standard InChI is InChI=1S/C39H51NO6/c1-28-22-34(16-13-31(28)25-44-37-10-4-7-19-41-37)40(35-17-14-32(29(2)23-35)26-45-38-11-5-8-20-42-38)36-18-15-33(30(3)24-36)27-46-39-12-6-9-21-43-39/h13-18,22-24,37-39H,4-12,19-21,25-27H2,1-3H3. The van der Waals surface area contributed by atoms with Gasteiger partial charge in [-0.3, -0.25) is 0 Å². The molecule has 7 heteroatoms. The molecule has 3 fully saturated rings. The maximum Gasteiger partial charge on any atom is 0.158 e. The van der Waals surface area contributed by atoms with Gasteiger partial charge < -0.3 is 33.3 Å². The first kappa shape index (κ1) is 33.1. The van der Waals surface area contributed by atoms with E-state index in [0.29, 0.717) is 19.8 Å². The molecule has 0 radical (unpaired) electrons. The van der Waals surface area contributed by atoms with Gasteiger partial charge in [0, 0.05) is 36.9 Å². The maximum atomic E-state index is 6.13. The van der Waals surface area contributed by atoms with Gasteiger partial charge in [0.25, 0.3) is 0 Å².